The van der Waals surface area contributed by atoms with Gasteiger partial charge in [-0.1, -0.05) is 0 Å². The minimum absolute atomic E-state index is 0.262. The number of morpholine rings is 1. The van der Waals surface area contributed by atoms with E-state index < -0.39 is 0 Å². The number of urea groups is 1. The van der Waals surface area contributed by atoms with Crippen molar-refractivity contribution in [2.24, 2.45) is 0 Å². The SMILES string of the molecule is CC1CN(CCCNC(=O)Nc2ccc(F)cc2)CC(C)O1. The molecule has 0 bridgehead atoms. The zero-order valence-corrected chi connectivity index (χ0v) is 13.1. The number of benzene rings is 1. The molecule has 2 atom stereocenters. The summed E-state index contributed by atoms with van der Waals surface area (Å²) in [6, 6.07) is 5.43. The van der Waals surface area contributed by atoms with E-state index in [0.29, 0.717) is 12.2 Å². The van der Waals surface area contributed by atoms with Crippen LogP contribution in [0.3, 0.4) is 0 Å². The number of ether oxygens (including phenoxy) is 1. The fourth-order valence-electron chi connectivity index (χ4n) is 2.68. The van der Waals surface area contributed by atoms with Gasteiger partial charge in [-0.25, -0.2) is 9.18 Å². The molecule has 0 radical (unpaired) electrons. The Morgan fingerprint density at radius 1 is 1.27 bits per heavy atom. The Hall–Kier alpha value is -1.66. The van der Waals surface area contributed by atoms with Gasteiger partial charge in [0.15, 0.2) is 0 Å². The van der Waals surface area contributed by atoms with Gasteiger partial charge in [0.2, 0.25) is 0 Å². The van der Waals surface area contributed by atoms with Crippen LogP contribution in [0.4, 0.5) is 14.9 Å². The second-order valence-corrected chi connectivity index (χ2v) is 5.76. The maximum absolute atomic E-state index is 12.8. The van der Waals surface area contributed by atoms with Crippen LogP contribution < -0.4 is 10.6 Å². The van der Waals surface area contributed by atoms with Crippen LogP contribution in [0.5, 0.6) is 0 Å². The van der Waals surface area contributed by atoms with E-state index in [2.05, 4.69) is 29.4 Å². The maximum atomic E-state index is 12.8. The summed E-state index contributed by atoms with van der Waals surface area (Å²) in [6.45, 7) is 7.58. The third kappa shape index (κ3) is 5.61. The van der Waals surface area contributed by atoms with E-state index in [1.54, 1.807) is 0 Å². The molecule has 1 fully saturated rings. The smallest absolute Gasteiger partial charge is 0.319 e. The van der Waals surface area contributed by atoms with Crippen molar-refractivity contribution in [3.8, 4) is 0 Å². The molecule has 2 N–H and O–H groups in total. The molecule has 0 aliphatic carbocycles. The van der Waals surface area contributed by atoms with Crippen LogP contribution in [-0.4, -0.2) is 49.3 Å². The number of carbonyl (C=O) groups is 1. The summed E-state index contributed by atoms with van der Waals surface area (Å²) < 4.78 is 18.5. The summed E-state index contributed by atoms with van der Waals surface area (Å²) >= 11 is 0. The van der Waals surface area contributed by atoms with Gasteiger partial charge in [0.25, 0.3) is 0 Å². The minimum Gasteiger partial charge on any atom is -0.373 e. The summed E-state index contributed by atoms with van der Waals surface area (Å²) in [6.07, 6.45) is 1.41. The number of rotatable bonds is 5. The van der Waals surface area contributed by atoms with Crippen LogP contribution in [0.25, 0.3) is 0 Å². The number of halogens is 1. The lowest BCUT2D eigenvalue weighted by Gasteiger charge is -2.35. The fraction of sp³-hybridized carbons (Fsp3) is 0.562. The molecule has 122 valence electrons. The monoisotopic (exact) mass is 309 g/mol. The van der Waals surface area contributed by atoms with Crippen molar-refractivity contribution in [3.05, 3.63) is 30.1 Å². The van der Waals surface area contributed by atoms with E-state index in [4.69, 9.17) is 4.74 Å². The third-order valence-electron chi connectivity index (χ3n) is 3.53. The van der Waals surface area contributed by atoms with Crippen molar-refractivity contribution in [3.63, 3.8) is 0 Å². The predicted octanol–water partition coefficient (Wildman–Crippen LogP) is 2.45. The highest BCUT2D eigenvalue weighted by atomic mass is 19.1. The van der Waals surface area contributed by atoms with Crippen LogP contribution >= 0.6 is 0 Å². The normalized spacial score (nSPS) is 22.3. The quantitative estimate of drug-likeness (QED) is 0.822. The Morgan fingerprint density at radius 2 is 1.91 bits per heavy atom. The zero-order chi connectivity index (χ0) is 15.9. The number of nitrogens with one attached hydrogen (secondary N) is 2. The Bertz CT molecular complexity index is 471. The lowest BCUT2D eigenvalue weighted by molar-refractivity contribution is -0.0679. The summed E-state index contributed by atoms with van der Waals surface area (Å²) in [5.41, 5.74) is 0.578. The van der Waals surface area contributed by atoms with Crippen LogP contribution in [-0.2, 0) is 4.74 Å². The second kappa shape index (κ2) is 8.10. The molecule has 2 amide bonds. The topological polar surface area (TPSA) is 53.6 Å². The Balaban J connectivity index is 1.62. The summed E-state index contributed by atoms with van der Waals surface area (Å²) in [7, 11) is 0. The van der Waals surface area contributed by atoms with Crippen molar-refractivity contribution >= 4 is 11.7 Å². The average Bonchev–Trinajstić information content (AvgIpc) is 2.45. The summed E-state index contributed by atoms with van der Waals surface area (Å²) in [5, 5.41) is 5.48. The highest BCUT2D eigenvalue weighted by Crippen LogP contribution is 2.10. The molecular formula is C16H24FN3O2. The molecule has 22 heavy (non-hydrogen) atoms. The van der Waals surface area contributed by atoms with Gasteiger partial charge >= 0.3 is 6.03 Å². The van der Waals surface area contributed by atoms with Gasteiger partial charge in [0.1, 0.15) is 5.82 Å². The molecule has 0 aromatic heterocycles. The summed E-state index contributed by atoms with van der Waals surface area (Å²) in [5.74, 6) is -0.320. The largest absolute Gasteiger partial charge is 0.373 e. The number of carbonyl (C=O) groups excluding carboxylic acids is 1. The van der Waals surface area contributed by atoms with Gasteiger partial charge in [-0.05, 0) is 44.5 Å². The van der Waals surface area contributed by atoms with Gasteiger partial charge in [-0.3, -0.25) is 4.90 Å². The first-order valence-electron chi connectivity index (χ1n) is 7.71. The Labute approximate surface area is 130 Å². The number of nitrogens with zero attached hydrogens (tertiary/aromatic N) is 1. The standard InChI is InChI=1S/C16H24FN3O2/c1-12-10-20(11-13(2)22-12)9-3-8-18-16(21)19-15-6-4-14(17)5-7-15/h4-7,12-13H,3,8-11H2,1-2H3,(H2,18,19,21). The zero-order valence-electron chi connectivity index (χ0n) is 13.1. The molecule has 1 aliphatic heterocycles. The molecule has 1 saturated heterocycles. The highest BCUT2D eigenvalue weighted by molar-refractivity contribution is 5.89. The Kier molecular flexibility index (Phi) is 6.15. The minimum atomic E-state index is -0.320. The molecule has 1 aliphatic rings. The molecule has 2 rings (SSSR count). The van der Waals surface area contributed by atoms with Crippen LogP contribution in [0.15, 0.2) is 24.3 Å². The second-order valence-electron chi connectivity index (χ2n) is 5.76. The van der Waals surface area contributed by atoms with Gasteiger partial charge in [-0.15, -0.1) is 0 Å². The molecular weight excluding hydrogens is 285 g/mol. The van der Waals surface area contributed by atoms with E-state index >= 15 is 0 Å². The van der Waals surface area contributed by atoms with E-state index in [0.717, 1.165) is 26.1 Å². The first-order chi connectivity index (χ1) is 10.5. The van der Waals surface area contributed by atoms with Crippen molar-refractivity contribution in [2.75, 3.05) is 31.5 Å². The molecule has 6 heteroatoms. The van der Waals surface area contributed by atoms with Crippen LogP contribution in [0.1, 0.15) is 20.3 Å². The van der Waals surface area contributed by atoms with Crippen molar-refractivity contribution in [1.82, 2.24) is 10.2 Å². The number of hydrogen-bond donors (Lipinski definition) is 2. The van der Waals surface area contributed by atoms with Crippen LogP contribution in [0.2, 0.25) is 0 Å². The molecule has 5 nitrogen and oxygen atoms in total. The maximum Gasteiger partial charge on any atom is 0.319 e. The van der Waals surface area contributed by atoms with E-state index in [-0.39, 0.29) is 24.1 Å². The van der Waals surface area contributed by atoms with Crippen molar-refractivity contribution in [2.45, 2.75) is 32.5 Å². The first kappa shape index (κ1) is 16.7. The lowest BCUT2D eigenvalue weighted by atomic mass is 10.2. The van der Waals surface area contributed by atoms with Crippen molar-refractivity contribution < 1.29 is 13.9 Å². The number of anilines is 1. The Morgan fingerprint density at radius 3 is 2.55 bits per heavy atom. The van der Waals surface area contributed by atoms with E-state index in [9.17, 15) is 9.18 Å². The molecule has 0 saturated carbocycles. The van der Waals surface area contributed by atoms with Crippen molar-refractivity contribution in [1.29, 1.82) is 0 Å². The van der Waals surface area contributed by atoms with Gasteiger partial charge in [0.05, 0.1) is 12.2 Å². The first-order valence-corrected chi connectivity index (χ1v) is 7.71. The third-order valence-corrected chi connectivity index (χ3v) is 3.53. The fourth-order valence-corrected chi connectivity index (χ4v) is 2.68. The van der Waals surface area contributed by atoms with Gasteiger partial charge in [-0.2, -0.15) is 0 Å². The molecule has 0 spiro atoms. The van der Waals surface area contributed by atoms with Gasteiger partial charge in [0, 0.05) is 31.9 Å². The number of amides is 2. The highest BCUT2D eigenvalue weighted by Gasteiger charge is 2.21. The molecule has 1 aromatic rings. The molecule has 2 unspecified atom stereocenters. The van der Waals surface area contributed by atoms with E-state index in [1.165, 1.54) is 24.3 Å². The lowest BCUT2D eigenvalue weighted by Crippen LogP contribution is -2.46. The average molecular weight is 309 g/mol. The summed E-state index contributed by atoms with van der Waals surface area (Å²) in [4.78, 5) is 14.1. The number of hydrogen-bond acceptors (Lipinski definition) is 3. The van der Waals surface area contributed by atoms with Crippen LogP contribution in [0, 0.1) is 5.82 Å². The van der Waals surface area contributed by atoms with E-state index in [1.807, 2.05) is 0 Å². The van der Waals surface area contributed by atoms with Gasteiger partial charge < -0.3 is 15.4 Å². The molecule has 1 heterocycles. The molecule has 1 aromatic carbocycles. The predicted molar refractivity (Wildman–Crippen MR) is 84.5 cm³/mol.